The lowest BCUT2D eigenvalue weighted by molar-refractivity contribution is -0.140. The number of likely N-dealkylation sites (tertiary alicyclic amines) is 2. The second-order valence-electron chi connectivity index (χ2n) is 12.9. The monoisotopic (exact) mass is 649 g/mol. The molecule has 1 spiro atoms. The molecule has 3 aliphatic rings. The third-order valence-corrected chi connectivity index (χ3v) is 9.70. The number of anilines is 2. The zero-order valence-corrected chi connectivity index (χ0v) is 26.7. The van der Waals surface area contributed by atoms with Crippen LogP contribution in [0.2, 0.25) is 0 Å². The summed E-state index contributed by atoms with van der Waals surface area (Å²) in [6.45, 7) is 6.59. The Balaban J connectivity index is 0.000000269. The molecule has 47 heavy (non-hydrogen) atoms. The van der Waals surface area contributed by atoms with E-state index in [1.54, 1.807) is 11.6 Å². The molecule has 2 fully saturated rings. The lowest BCUT2D eigenvalue weighted by Crippen LogP contribution is -2.39. The summed E-state index contributed by atoms with van der Waals surface area (Å²) in [6, 6.07) is 12.1. The smallest absolute Gasteiger partial charge is 0.388 e. The summed E-state index contributed by atoms with van der Waals surface area (Å²) >= 11 is 0. The van der Waals surface area contributed by atoms with Crippen molar-refractivity contribution in [2.45, 2.75) is 44.9 Å². The highest BCUT2D eigenvalue weighted by molar-refractivity contribution is 5.84. The number of nitrogens with zero attached hydrogens (tertiary/aromatic N) is 5. The Labute approximate surface area is 271 Å². The molecule has 0 aliphatic carbocycles. The molecular formula is C35H39F4N7O. The van der Waals surface area contributed by atoms with Crippen LogP contribution in [0.1, 0.15) is 49.0 Å². The van der Waals surface area contributed by atoms with Crippen molar-refractivity contribution in [3.8, 4) is 0 Å². The number of piperidine rings is 1. The fourth-order valence-electron chi connectivity index (χ4n) is 6.95. The van der Waals surface area contributed by atoms with Crippen LogP contribution in [0.25, 0.3) is 10.8 Å². The lowest BCUT2D eigenvalue weighted by Gasteiger charge is -2.37. The number of rotatable bonds is 5. The normalized spacial score (nSPS) is 19.7. The van der Waals surface area contributed by atoms with Crippen LogP contribution < -0.4 is 10.6 Å². The number of fused-ring (bicyclic) bond motifs is 2. The van der Waals surface area contributed by atoms with Crippen molar-refractivity contribution in [1.82, 2.24) is 24.6 Å². The summed E-state index contributed by atoms with van der Waals surface area (Å²) in [7, 11) is 4.08. The molecule has 12 heteroatoms. The minimum absolute atomic E-state index is 0.237. The van der Waals surface area contributed by atoms with Crippen LogP contribution in [0.15, 0.2) is 72.2 Å². The second kappa shape index (κ2) is 13.1. The molecule has 0 bridgehead atoms. The number of aldehydes is 1. The van der Waals surface area contributed by atoms with Crippen LogP contribution in [0.4, 0.5) is 29.1 Å². The SMILES string of the molecule is CC1=C(C=O)C(c2ccc(C(F)(F)F)c(F)c2)n2nc(CN3CCC4(CCN(C)CC4)C3)cc2N1.CNc1ccc2cnccc2c1. The highest BCUT2D eigenvalue weighted by atomic mass is 19.4. The Hall–Kier alpha value is -4.29. The Kier molecular flexibility index (Phi) is 9.08. The quantitative estimate of drug-likeness (QED) is 0.184. The maximum atomic E-state index is 14.4. The summed E-state index contributed by atoms with van der Waals surface area (Å²) in [5.41, 5.74) is 2.06. The van der Waals surface area contributed by atoms with Crippen molar-refractivity contribution in [2.75, 3.05) is 50.9 Å². The number of carbonyl (C=O) groups excluding carboxylic acids is 1. The lowest BCUT2D eigenvalue weighted by atomic mass is 9.78. The van der Waals surface area contributed by atoms with Crippen LogP contribution in [0.5, 0.6) is 0 Å². The van der Waals surface area contributed by atoms with Crippen molar-refractivity contribution in [3.63, 3.8) is 0 Å². The average molecular weight is 650 g/mol. The topological polar surface area (TPSA) is 78.3 Å². The van der Waals surface area contributed by atoms with Gasteiger partial charge in [0.1, 0.15) is 24.0 Å². The van der Waals surface area contributed by atoms with Crippen molar-refractivity contribution in [2.24, 2.45) is 5.41 Å². The predicted molar refractivity (Wildman–Crippen MR) is 175 cm³/mol. The molecule has 1 atom stereocenters. The molecule has 248 valence electrons. The minimum Gasteiger partial charge on any atom is -0.388 e. The molecule has 1 unspecified atom stereocenters. The van der Waals surface area contributed by atoms with E-state index in [9.17, 15) is 22.4 Å². The molecule has 2 aromatic heterocycles. The summed E-state index contributed by atoms with van der Waals surface area (Å²) in [6.07, 6.45) is 3.08. The third kappa shape index (κ3) is 6.89. The third-order valence-electron chi connectivity index (χ3n) is 9.70. The molecule has 5 heterocycles. The predicted octanol–water partition coefficient (Wildman–Crippen LogP) is 6.72. The van der Waals surface area contributed by atoms with Gasteiger partial charge in [0.25, 0.3) is 0 Å². The summed E-state index contributed by atoms with van der Waals surface area (Å²) in [5, 5.41) is 13.4. The number of hydrogen-bond acceptors (Lipinski definition) is 7. The first-order chi connectivity index (χ1) is 22.5. The highest BCUT2D eigenvalue weighted by Gasteiger charge is 2.40. The first kappa shape index (κ1) is 32.6. The van der Waals surface area contributed by atoms with E-state index in [2.05, 4.69) is 44.6 Å². The van der Waals surface area contributed by atoms with Crippen molar-refractivity contribution >= 4 is 28.6 Å². The number of allylic oxidation sites excluding steroid dienone is 2. The van der Waals surface area contributed by atoms with Gasteiger partial charge in [0.15, 0.2) is 0 Å². The van der Waals surface area contributed by atoms with Crippen LogP contribution in [0.3, 0.4) is 0 Å². The van der Waals surface area contributed by atoms with Gasteiger partial charge >= 0.3 is 6.18 Å². The first-order valence-corrected chi connectivity index (χ1v) is 15.8. The van der Waals surface area contributed by atoms with E-state index in [0.29, 0.717) is 35.3 Å². The van der Waals surface area contributed by atoms with Crippen LogP contribution in [-0.4, -0.2) is 71.1 Å². The Morgan fingerprint density at radius 2 is 1.81 bits per heavy atom. The molecule has 2 aromatic carbocycles. The van der Waals surface area contributed by atoms with E-state index >= 15 is 0 Å². The molecule has 0 saturated carbocycles. The van der Waals surface area contributed by atoms with Gasteiger partial charge in [0.05, 0.1) is 11.3 Å². The van der Waals surface area contributed by atoms with Gasteiger partial charge in [-0.3, -0.25) is 14.7 Å². The fraction of sp³-hybridized carbons (Fsp3) is 0.400. The van der Waals surface area contributed by atoms with E-state index in [0.717, 1.165) is 56.1 Å². The summed E-state index contributed by atoms with van der Waals surface area (Å²) in [5.74, 6) is -0.743. The molecule has 0 amide bonds. The van der Waals surface area contributed by atoms with Gasteiger partial charge in [-0.1, -0.05) is 12.1 Å². The summed E-state index contributed by atoms with van der Waals surface area (Å²) in [4.78, 5) is 20.7. The first-order valence-electron chi connectivity index (χ1n) is 15.8. The van der Waals surface area contributed by atoms with Gasteiger partial charge in [-0.25, -0.2) is 9.07 Å². The van der Waals surface area contributed by atoms with E-state index in [1.807, 2.05) is 37.6 Å². The second-order valence-corrected chi connectivity index (χ2v) is 12.9. The maximum absolute atomic E-state index is 14.4. The van der Waals surface area contributed by atoms with Crippen molar-refractivity contribution in [1.29, 1.82) is 0 Å². The van der Waals surface area contributed by atoms with Crippen molar-refractivity contribution < 1.29 is 22.4 Å². The van der Waals surface area contributed by atoms with Crippen LogP contribution >= 0.6 is 0 Å². The average Bonchev–Trinajstić information content (AvgIpc) is 3.64. The molecule has 7 rings (SSSR count). The zero-order chi connectivity index (χ0) is 33.3. The number of aromatic nitrogens is 3. The minimum atomic E-state index is -4.79. The fourth-order valence-corrected chi connectivity index (χ4v) is 6.95. The molecule has 2 saturated heterocycles. The molecule has 0 radical (unpaired) electrons. The maximum Gasteiger partial charge on any atom is 0.419 e. The van der Waals surface area contributed by atoms with Crippen LogP contribution in [0, 0.1) is 11.2 Å². The number of pyridine rings is 1. The van der Waals surface area contributed by atoms with E-state index < -0.39 is 23.6 Å². The number of nitrogens with one attached hydrogen (secondary N) is 2. The van der Waals surface area contributed by atoms with Gasteiger partial charge in [-0.2, -0.15) is 18.3 Å². The molecule has 3 aliphatic heterocycles. The molecule has 4 aromatic rings. The van der Waals surface area contributed by atoms with Gasteiger partial charge in [-0.05, 0) is 99.6 Å². The van der Waals surface area contributed by atoms with Gasteiger partial charge in [-0.15, -0.1) is 0 Å². The Bertz CT molecular complexity index is 1790. The number of benzene rings is 2. The zero-order valence-electron chi connectivity index (χ0n) is 26.7. The number of carbonyl (C=O) groups is 1. The highest BCUT2D eigenvalue weighted by Crippen LogP contribution is 2.41. The number of halogens is 4. The van der Waals surface area contributed by atoms with E-state index in [-0.39, 0.29) is 5.56 Å². The van der Waals surface area contributed by atoms with Gasteiger partial charge in [0.2, 0.25) is 0 Å². The van der Waals surface area contributed by atoms with E-state index in [1.165, 1.54) is 29.7 Å². The number of hydrogen-bond donors (Lipinski definition) is 2. The standard InChI is InChI=1S/C25H29F4N5O.C10H10N2/c1-16-19(14-35)23(17-3-4-20(21(26)11-17)25(27,28)29)34-22(30-16)12-18(31-34)13-33-10-7-24(15-33)5-8-32(2)9-6-24;1-11-10-3-2-9-7-12-5-4-8(9)6-10/h3-4,11-12,14,23,30H,5-10,13,15H2,1-2H3;2-7,11H,1H3. The van der Waals surface area contributed by atoms with Gasteiger partial charge < -0.3 is 15.5 Å². The Morgan fingerprint density at radius 1 is 1.04 bits per heavy atom. The molecule has 8 nitrogen and oxygen atoms in total. The van der Waals surface area contributed by atoms with E-state index in [4.69, 9.17) is 5.10 Å². The Morgan fingerprint density at radius 3 is 2.51 bits per heavy atom. The number of alkyl halides is 3. The summed E-state index contributed by atoms with van der Waals surface area (Å²) < 4.78 is 55.2. The largest absolute Gasteiger partial charge is 0.419 e. The van der Waals surface area contributed by atoms with Crippen LogP contribution in [-0.2, 0) is 17.5 Å². The molecule has 2 N–H and O–H groups in total. The van der Waals surface area contributed by atoms with Gasteiger partial charge in [0, 0.05) is 60.9 Å². The molecular weight excluding hydrogens is 610 g/mol. The van der Waals surface area contributed by atoms with Crippen molar-refractivity contribution in [3.05, 3.63) is 94.8 Å².